The maximum atomic E-state index is 12.2. The van der Waals surface area contributed by atoms with Gasteiger partial charge in [-0.25, -0.2) is 9.59 Å². The minimum atomic E-state index is -0.994. The van der Waals surface area contributed by atoms with Crippen molar-refractivity contribution < 1.29 is 24.2 Å². The van der Waals surface area contributed by atoms with Gasteiger partial charge in [0.1, 0.15) is 13.2 Å². The van der Waals surface area contributed by atoms with Gasteiger partial charge in [0, 0.05) is 5.92 Å². The topological polar surface area (TPSA) is 105 Å². The molecule has 7 heteroatoms. The Morgan fingerprint density at radius 3 is 2.25 bits per heavy atom. The van der Waals surface area contributed by atoms with E-state index in [1.165, 1.54) is 6.08 Å². The van der Waals surface area contributed by atoms with E-state index in [0.717, 1.165) is 27.8 Å². The summed E-state index contributed by atoms with van der Waals surface area (Å²) >= 11 is 0. The molecule has 32 heavy (non-hydrogen) atoms. The summed E-state index contributed by atoms with van der Waals surface area (Å²) in [5, 5.41) is 14.3. The van der Waals surface area contributed by atoms with Gasteiger partial charge >= 0.3 is 12.1 Å². The lowest BCUT2D eigenvalue weighted by atomic mass is 9.95. The molecule has 0 spiro atoms. The number of carboxylic acids is 1. The van der Waals surface area contributed by atoms with Crippen LogP contribution in [0.1, 0.15) is 30.4 Å². The number of nitrogens with one attached hydrogen (secondary N) is 2. The van der Waals surface area contributed by atoms with E-state index in [9.17, 15) is 14.4 Å². The van der Waals surface area contributed by atoms with Crippen LogP contribution in [-0.4, -0.2) is 42.3 Å². The SMILES string of the molecule is CC1=CC(C(=O)O)=CCC1NC(=O)CNC(=O)OCC1c2ccccc2-c2ccccc21. The Hall–Kier alpha value is -3.87. The van der Waals surface area contributed by atoms with Crippen molar-refractivity contribution in [1.29, 1.82) is 0 Å². The first kappa shape index (κ1) is 21.4. The van der Waals surface area contributed by atoms with E-state index in [-0.39, 0.29) is 36.6 Å². The molecule has 4 rings (SSSR count). The molecule has 0 heterocycles. The third-order valence-corrected chi connectivity index (χ3v) is 5.83. The standard InChI is InChI=1S/C25H24N2O5/c1-15-12-16(24(29)30)10-11-22(15)27-23(28)13-26-25(31)32-14-21-19-8-4-2-6-17(19)18-7-3-5-9-20(18)21/h2-10,12,21-22H,11,13-14H2,1H3,(H,26,31)(H,27,28)(H,29,30). The highest BCUT2D eigenvalue weighted by Crippen LogP contribution is 2.44. The number of fused-ring (bicyclic) bond motifs is 3. The smallest absolute Gasteiger partial charge is 0.407 e. The van der Waals surface area contributed by atoms with Crippen LogP contribution in [0.3, 0.4) is 0 Å². The van der Waals surface area contributed by atoms with Crippen molar-refractivity contribution in [2.45, 2.75) is 25.3 Å². The first-order valence-electron chi connectivity index (χ1n) is 10.4. The Labute approximate surface area is 185 Å². The van der Waals surface area contributed by atoms with Gasteiger partial charge in [0.25, 0.3) is 0 Å². The van der Waals surface area contributed by atoms with Gasteiger partial charge in [-0.3, -0.25) is 4.79 Å². The number of hydrogen-bond donors (Lipinski definition) is 3. The zero-order valence-electron chi connectivity index (χ0n) is 17.6. The van der Waals surface area contributed by atoms with Crippen LogP contribution in [-0.2, 0) is 14.3 Å². The molecule has 2 aliphatic rings. The fraction of sp³-hybridized carbons (Fsp3) is 0.240. The number of carboxylic acid groups (broad SMARTS) is 1. The molecule has 2 aromatic carbocycles. The molecular formula is C25H24N2O5. The number of carbonyl (C=O) groups is 3. The molecule has 2 aliphatic carbocycles. The minimum absolute atomic E-state index is 0.0489. The second-order valence-electron chi connectivity index (χ2n) is 7.89. The van der Waals surface area contributed by atoms with E-state index in [1.807, 2.05) is 36.4 Å². The number of amides is 2. The Bertz CT molecular complexity index is 1090. The average Bonchev–Trinajstić information content (AvgIpc) is 3.11. The van der Waals surface area contributed by atoms with Gasteiger partial charge in [0.05, 0.1) is 11.6 Å². The first-order chi connectivity index (χ1) is 15.4. The Morgan fingerprint density at radius 2 is 1.66 bits per heavy atom. The molecule has 7 nitrogen and oxygen atoms in total. The van der Waals surface area contributed by atoms with E-state index in [4.69, 9.17) is 9.84 Å². The minimum Gasteiger partial charge on any atom is -0.478 e. The quantitative estimate of drug-likeness (QED) is 0.649. The summed E-state index contributed by atoms with van der Waals surface area (Å²) in [6, 6.07) is 15.8. The number of hydrogen-bond acceptors (Lipinski definition) is 4. The fourth-order valence-corrected chi connectivity index (χ4v) is 4.20. The summed E-state index contributed by atoms with van der Waals surface area (Å²) in [6.45, 7) is 1.71. The normalized spacial score (nSPS) is 16.8. The molecule has 0 aromatic heterocycles. The first-order valence-corrected chi connectivity index (χ1v) is 10.4. The predicted molar refractivity (Wildman–Crippen MR) is 119 cm³/mol. The van der Waals surface area contributed by atoms with Crippen LogP contribution in [0.5, 0.6) is 0 Å². The van der Waals surface area contributed by atoms with Gasteiger partial charge in [-0.15, -0.1) is 0 Å². The van der Waals surface area contributed by atoms with Gasteiger partial charge in [0.2, 0.25) is 5.91 Å². The van der Waals surface area contributed by atoms with Crippen molar-refractivity contribution in [3.63, 3.8) is 0 Å². The molecule has 0 saturated heterocycles. The molecular weight excluding hydrogens is 408 g/mol. The summed E-state index contributed by atoms with van der Waals surface area (Å²) in [4.78, 5) is 35.5. The molecule has 0 fully saturated rings. The molecule has 1 atom stereocenters. The number of alkyl carbamates (subject to hydrolysis) is 1. The maximum Gasteiger partial charge on any atom is 0.407 e. The Balaban J connectivity index is 1.28. The van der Waals surface area contributed by atoms with Crippen molar-refractivity contribution in [2.24, 2.45) is 0 Å². The van der Waals surface area contributed by atoms with Gasteiger partial charge in [-0.1, -0.05) is 54.6 Å². The predicted octanol–water partition coefficient (Wildman–Crippen LogP) is 3.37. The van der Waals surface area contributed by atoms with Crippen LogP contribution in [0.25, 0.3) is 11.1 Å². The number of ether oxygens (including phenoxy) is 1. The number of aliphatic carboxylic acids is 1. The molecule has 2 aromatic rings. The molecule has 0 radical (unpaired) electrons. The van der Waals surface area contributed by atoms with E-state index >= 15 is 0 Å². The van der Waals surface area contributed by atoms with Crippen molar-refractivity contribution in [3.05, 3.63) is 83.0 Å². The summed E-state index contributed by atoms with van der Waals surface area (Å²) in [5.74, 6) is -1.42. The third kappa shape index (κ3) is 4.42. The third-order valence-electron chi connectivity index (χ3n) is 5.83. The lowest BCUT2D eigenvalue weighted by molar-refractivity contribution is -0.132. The van der Waals surface area contributed by atoms with Crippen molar-refractivity contribution in [3.8, 4) is 11.1 Å². The summed E-state index contributed by atoms with van der Waals surface area (Å²) < 4.78 is 5.43. The second kappa shape index (κ2) is 9.09. The van der Waals surface area contributed by atoms with E-state index < -0.39 is 12.1 Å². The van der Waals surface area contributed by atoms with Crippen LogP contribution >= 0.6 is 0 Å². The van der Waals surface area contributed by atoms with E-state index in [1.54, 1.807) is 13.0 Å². The molecule has 0 saturated carbocycles. The summed E-state index contributed by atoms with van der Waals surface area (Å²) in [6.07, 6.45) is 2.83. The Kier molecular flexibility index (Phi) is 6.07. The fourth-order valence-electron chi connectivity index (χ4n) is 4.20. The van der Waals surface area contributed by atoms with Crippen molar-refractivity contribution >= 4 is 18.0 Å². The molecule has 3 N–H and O–H groups in total. The lowest BCUT2D eigenvalue weighted by Crippen LogP contribution is -2.43. The second-order valence-corrected chi connectivity index (χ2v) is 7.89. The zero-order valence-corrected chi connectivity index (χ0v) is 17.6. The maximum absolute atomic E-state index is 12.2. The van der Waals surface area contributed by atoms with Crippen LogP contribution in [0.4, 0.5) is 4.79 Å². The highest BCUT2D eigenvalue weighted by Gasteiger charge is 2.29. The van der Waals surface area contributed by atoms with E-state index in [0.29, 0.717) is 6.42 Å². The molecule has 0 bridgehead atoms. The molecule has 2 amide bonds. The molecule has 164 valence electrons. The summed E-state index contributed by atoms with van der Waals surface area (Å²) in [5.41, 5.74) is 5.49. The summed E-state index contributed by atoms with van der Waals surface area (Å²) in [7, 11) is 0. The van der Waals surface area contributed by atoms with Crippen LogP contribution in [0.2, 0.25) is 0 Å². The number of benzene rings is 2. The average molecular weight is 432 g/mol. The highest BCUT2D eigenvalue weighted by molar-refractivity contribution is 5.90. The molecule has 1 unspecified atom stereocenters. The highest BCUT2D eigenvalue weighted by atomic mass is 16.5. The van der Waals surface area contributed by atoms with Crippen molar-refractivity contribution in [2.75, 3.05) is 13.2 Å². The van der Waals surface area contributed by atoms with Crippen LogP contribution in [0.15, 0.2) is 71.8 Å². The number of carbonyl (C=O) groups excluding carboxylic acids is 2. The van der Waals surface area contributed by atoms with Crippen molar-refractivity contribution in [1.82, 2.24) is 10.6 Å². The van der Waals surface area contributed by atoms with Gasteiger partial charge in [-0.2, -0.15) is 0 Å². The largest absolute Gasteiger partial charge is 0.478 e. The van der Waals surface area contributed by atoms with Gasteiger partial charge < -0.3 is 20.5 Å². The van der Waals surface area contributed by atoms with Gasteiger partial charge in [-0.05, 0) is 47.2 Å². The van der Waals surface area contributed by atoms with Crippen LogP contribution < -0.4 is 10.6 Å². The van der Waals surface area contributed by atoms with Gasteiger partial charge in [0.15, 0.2) is 0 Å². The number of rotatable bonds is 6. The van der Waals surface area contributed by atoms with Crippen LogP contribution in [0, 0.1) is 0 Å². The monoisotopic (exact) mass is 432 g/mol. The lowest BCUT2D eigenvalue weighted by Gasteiger charge is -2.22. The Morgan fingerprint density at radius 1 is 1.03 bits per heavy atom. The van der Waals surface area contributed by atoms with E-state index in [2.05, 4.69) is 22.8 Å². The molecule has 0 aliphatic heterocycles. The zero-order chi connectivity index (χ0) is 22.7.